The number of carboxylic acids is 1. The number of carbonyl (C=O) groups is 2. The van der Waals surface area contributed by atoms with Gasteiger partial charge in [-0.2, -0.15) is 0 Å². The Morgan fingerprint density at radius 2 is 2.00 bits per heavy atom. The molecule has 0 spiro atoms. The van der Waals surface area contributed by atoms with E-state index in [4.69, 9.17) is 10.8 Å². The minimum absolute atomic E-state index is 0.00632. The average molecular weight is 292 g/mol. The van der Waals surface area contributed by atoms with Gasteiger partial charge in [-0.25, -0.2) is 8.42 Å². The Morgan fingerprint density at radius 3 is 2.37 bits per heavy atom. The number of amides is 1. The highest BCUT2D eigenvalue weighted by Crippen LogP contribution is 2.20. The molecule has 110 valence electrons. The third kappa shape index (κ3) is 4.17. The zero-order valence-corrected chi connectivity index (χ0v) is 11.9. The van der Waals surface area contributed by atoms with Crippen molar-refractivity contribution in [3.05, 3.63) is 0 Å². The highest BCUT2D eigenvalue weighted by Gasteiger charge is 2.37. The van der Waals surface area contributed by atoms with Gasteiger partial charge in [0.15, 0.2) is 9.84 Å². The van der Waals surface area contributed by atoms with Gasteiger partial charge in [0.25, 0.3) is 0 Å². The Bertz CT molecular complexity index is 460. The summed E-state index contributed by atoms with van der Waals surface area (Å²) in [4.78, 5) is 24.2. The Morgan fingerprint density at radius 1 is 1.42 bits per heavy atom. The summed E-state index contributed by atoms with van der Waals surface area (Å²) >= 11 is 0. The summed E-state index contributed by atoms with van der Waals surface area (Å²) in [7, 11) is -3.17. The molecule has 1 amide bonds. The van der Waals surface area contributed by atoms with Crippen LogP contribution < -0.4 is 5.73 Å². The van der Waals surface area contributed by atoms with Gasteiger partial charge in [0, 0.05) is 12.1 Å². The van der Waals surface area contributed by atoms with Crippen molar-refractivity contribution in [3.8, 4) is 0 Å². The fraction of sp³-hybridized carbons (Fsp3) is 0.818. The van der Waals surface area contributed by atoms with Crippen molar-refractivity contribution >= 4 is 21.7 Å². The van der Waals surface area contributed by atoms with Crippen molar-refractivity contribution in [2.75, 3.05) is 18.1 Å². The quantitative estimate of drug-likeness (QED) is 0.676. The van der Waals surface area contributed by atoms with E-state index in [1.54, 1.807) is 13.8 Å². The van der Waals surface area contributed by atoms with E-state index in [2.05, 4.69) is 0 Å². The van der Waals surface area contributed by atoms with Gasteiger partial charge in [-0.05, 0) is 13.3 Å². The lowest BCUT2D eigenvalue weighted by atomic mass is 10.0. The molecule has 8 heteroatoms. The second-order valence-corrected chi connectivity index (χ2v) is 7.29. The van der Waals surface area contributed by atoms with E-state index >= 15 is 0 Å². The molecule has 1 heterocycles. The monoisotopic (exact) mass is 292 g/mol. The summed E-state index contributed by atoms with van der Waals surface area (Å²) in [5.74, 6) is -2.28. The second kappa shape index (κ2) is 5.87. The maximum absolute atomic E-state index is 12.2. The largest absolute Gasteiger partial charge is 0.480 e. The summed E-state index contributed by atoms with van der Waals surface area (Å²) in [6.07, 6.45) is 0.285. The lowest BCUT2D eigenvalue weighted by Crippen LogP contribution is -2.49. The molecule has 1 saturated heterocycles. The Hall–Kier alpha value is -1.15. The molecule has 0 saturated carbocycles. The maximum Gasteiger partial charge on any atom is 0.323 e. The predicted octanol–water partition coefficient (Wildman–Crippen LogP) is -0.930. The molecule has 0 aromatic rings. The van der Waals surface area contributed by atoms with Crippen LogP contribution in [0.5, 0.6) is 0 Å². The van der Waals surface area contributed by atoms with Crippen molar-refractivity contribution in [2.45, 2.75) is 32.4 Å². The Kier molecular flexibility index (Phi) is 4.92. The van der Waals surface area contributed by atoms with Crippen LogP contribution in [-0.2, 0) is 19.4 Å². The number of aliphatic carboxylic acids is 1. The van der Waals surface area contributed by atoms with Crippen LogP contribution in [0.2, 0.25) is 0 Å². The zero-order chi connectivity index (χ0) is 14.8. The van der Waals surface area contributed by atoms with E-state index < -0.39 is 46.3 Å². The number of nitrogens with zero attached hydrogens (tertiary/aromatic N) is 1. The van der Waals surface area contributed by atoms with Gasteiger partial charge in [-0.1, -0.05) is 6.92 Å². The van der Waals surface area contributed by atoms with Crippen LogP contribution in [0.4, 0.5) is 0 Å². The van der Waals surface area contributed by atoms with Gasteiger partial charge < -0.3 is 15.7 Å². The van der Waals surface area contributed by atoms with Crippen LogP contribution >= 0.6 is 0 Å². The first kappa shape index (κ1) is 15.9. The summed E-state index contributed by atoms with van der Waals surface area (Å²) in [5.41, 5.74) is 5.64. The number of carboxylic acid groups (broad SMARTS) is 1. The topological polar surface area (TPSA) is 118 Å². The highest BCUT2D eigenvalue weighted by atomic mass is 32.2. The molecule has 3 unspecified atom stereocenters. The number of sulfone groups is 1. The summed E-state index contributed by atoms with van der Waals surface area (Å²) in [5, 5.41) is 8.87. The Labute approximate surface area is 112 Å². The third-order valence-electron chi connectivity index (χ3n) is 3.42. The van der Waals surface area contributed by atoms with E-state index in [9.17, 15) is 18.0 Å². The minimum Gasteiger partial charge on any atom is -0.480 e. The Balaban J connectivity index is 2.89. The van der Waals surface area contributed by atoms with Gasteiger partial charge in [-0.3, -0.25) is 9.59 Å². The molecule has 1 fully saturated rings. The standard InChI is InChI=1S/C11H20N2O5S/c1-7(8(2)12)11(16)13(5-10(14)15)9-3-4-19(17,18)6-9/h7-9H,3-6,12H2,1-2H3,(H,14,15). The average Bonchev–Trinajstić information content (AvgIpc) is 2.64. The molecular weight excluding hydrogens is 272 g/mol. The van der Waals surface area contributed by atoms with Crippen molar-refractivity contribution in [1.82, 2.24) is 4.90 Å². The molecule has 1 rings (SSSR count). The molecule has 3 atom stereocenters. The van der Waals surface area contributed by atoms with Crippen LogP contribution in [0, 0.1) is 5.92 Å². The van der Waals surface area contributed by atoms with Crippen LogP contribution in [0.1, 0.15) is 20.3 Å². The number of rotatable bonds is 5. The first-order valence-corrected chi connectivity index (χ1v) is 7.94. The molecule has 0 radical (unpaired) electrons. The van der Waals surface area contributed by atoms with Gasteiger partial charge in [0.1, 0.15) is 6.54 Å². The molecule has 0 bridgehead atoms. The van der Waals surface area contributed by atoms with Gasteiger partial charge in [-0.15, -0.1) is 0 Å². The first-order valence-electron chi connectivity index (χ1n) is 6.12. The fourth-order valence-electron chi connectivity index (χ4n) is 2.04. The van der Waals surface area contributed by atoms with Crippen LogP contribution in [0.3, 0.4) is 0 Å². The van der Waals surface area contributed by atoms with E-state index in [-0.39, 0.29) is 17.9 Å². The molecule has 0 aromatic carbocycles. The van der Waals surface area contributed by atoms with Crippen LogP contribution in [0.25, 0.3) is 0 Å². The fourth-order valence-corrected chi connectivity index (χ4v) is 3.77. The van der Waals surface area contributed by atoms with E-state index in [1.165, 1.54) is 0 Å². The van der Waals surface area contributed by atoms with Crippen molar-refractivity contribution in [3.63, 3.8) is 0 Å². The molecule has 1 aliphatic heterocycles. The number of hydrogen-bond acceptors (Lipinski definition) is 5. The van der Waals surface area contributed by atoms with Crippen molar-refractivity contribution in [2.24, 2.45) is 11.7 Å². The lowest BCUT2D eigenvalue weighted by molar-refractivity contribution is -0.148. The van der Waals surface area contributed by atoms with E-state index in [0.29, 0.717) is 0 Å². The summed E-state index contributed by atoms with van der Waals surface area (Å²) in [6, 6.07) is -0.975. The summed E-state index contributed by atoms with van der Waals surface area (Å²) < 4.78 is 22.9. The first-order chi connectivity index (χ1) is 8.64. The smallest absolute Gasteiger partial charge is 0.323 e. The van der Waals surface area contributed by atoms with Crippen molar-refractivity contribution in [1.29, 1.82) is 0 Å². The SMILES string of the molecule is CC(N)C(C)C(=O)N(CC(=O)O)C1CCS(=O)(=O)C1. The summed E-state index contributed by atoms with van der Waals surface area (Å²) in [6.45, 7) is 2.79. The molecular formula is C11H20N2O5S. The van der Waals surface area contributed by atoms with Gasteiger partial charge in [0.05, 0.1) is 17.4 Å². The number of nitrogens with two attached hydrogens (primary N) is 1. The molecule has 0 aromatic heterocycles. The van der Waals surface area contributed by atoms with Crippen molar-refractivity contribution < 1.29 is 23.1 Å². The zero-order valence-electron chi connectivity index (χ0n) is 11.1. The lowest BCUT2D eigenvalue weighted by Gasteiger charge is -2.30. The van der Waals surface area contributed by atoms with E-state index in [1.807, 2.05) is 0 Å². The molecule has 1 aliphatic rings. The van der Waals surface area contributed by atoms with Gasteiger partial charge >= 0.3 is 5.97 Å². The number of carbonyl (C=O) groups excluding carboxylic acids is 1. The number of hydrogen-bond donors (Lipinski definition) is 2. The highest BCUT2D eigenvalue weighted by molar-refractivity contribution is 7.91. The molecule has 3 N–H and O–H groups in total. The normalized spacial score (nSPS) is 24.7. The third-order valence-corrected chi connectivity index (χ3v) is 5.17. The van der Waals surface area contributed by atoms with Crippen LogP contribution in [0.15, 0.2) is 0 Å². The minimum atomic E-state index is -3.17. The molecule has 7 nitrogen and oxygen atoms in total. The second-order valence-electron chi connectivity index (χ2n) is 5.06. The molecule has 19 heavy (non-hydrogen) atoms. The van der Waals surface area contributed by atoms with Gasteiger partial charge in [0.2, 0.25) is 5.91 Å². The van der Waals surface area contributed by atoms with Crippen LogP contribution in [-0.4, -0.2) is 60.4 Å². The molecule has 0 aliphatic carbocycles. The predicted molar refractivity (Wildman–Crippen MR) is 69.2 cm³/mol. The van der Waals surface area contributed by atoms with E-state index in [0.717, 1.165) is 4.90 Å². The maximum atomic E-state index is 12.2.